The number of para-hydroxylation sites is 2. The molecule has 6 heteroatoms. The zero-order chi connectivity index (χ0) is 20.9. The SMILES string of the molecule is Cc1c(C(=O)O)cn(CCN2CCOCC2)c1-c1ccccc1Oc1ccccc1. The molecule has 0 amide bonds. The lowest BCUT2D eigenvalue weighted by Gasteiger charge is -2.27. The van der Waals surface area contributed by atoms with Crippen molar-refractivity contribution in [1.82, 2.24) is 9.47 Å². The number of ether oxygens (including phenoxy) is 2. The predicted octanol–water partition coefficient (Wildman–Crippen LogP) is 4.29. The Bertz CT molecular complexity index is 1010. The zero-order valence-corrected chi connectivity index (χ0v) is 17.1. The van der Waals surface area contributed by atoms with Crippen LogP contribution < -0.4 is 4.74 Å². The van der Waals surface area contributed by atoms with Gasteiger partial charge >= 0.3 is 5.97 Å². The van der Waals surface area contributed by atoms with Crippen molar-refractivity contribution in [3.63, 3.8) is 0 Å². The van der Waals surface area contributed by atoms with Crippen LogP contribution in [-0.2, 0) is 11.3 Å². The van der Waals surface area contributed by atoms with Crippen LogP contribution >= 0.6 is 0 Å². The first-order chi connectivity index (χ1) is 14.6. The Hall–Kier alpha value is -3.09. The summed E-state index contributed by atoms with van der Waals surface area (Å²) in [6.07, 6.45) is 1.74. The van der Waals surface area contributed by atoms with E-state index in [4.69, 9.17) is 9.47 Å². The summed E-state index contributed by atoms with van der Waals surface area (Å²) in [5, 5.41) is 9.70. The summed E-state index contributed by atoms with van der Waals surface area (Å²) in [6.45, 7) is 6.68. The van der Waals surface area contributed by atoms with Crippen molar-refractivity contribution in [1.29, 1.82) is 0 Å². The highest BCUT2D eigenvalue weighted by atomic mass is 16.5. The minimum Gasteiger partial charge on any atom is -0.478 e. The molecule has 0 atom stereocenters. The van der Waals surface area contributed by atoms with E-state index in [0.717, 1.165) is 55.4 Å². The van der Waals surface area contributed by atoms with Crippen molar-refractivity contribution in [2.75, 3.05) is 32.8 Å². The quantitative estimate of drug-likeness (QED) is 0.634. The molecule has 0 spiro atoms. The van der Waals surface area contributed by atoms with E-state index in [0.29, 0.717) is 17.9 Å². The van der Waals surface area contributed by atoms with Crippen LogP contribution in [0.15, 0.2) is 60.8 Å². The largest absolute Gasteiger partial charge is 0.478 e. The molecule has 0 saturated carbocycles. The molecular formula is C24H26N2O4. The molecule has 0 bridgehead atoms. The van der Waals surface area contributed by atoms with Crippen molar-refractivity contribution in [3.8, 4) is 22.8 Å². The smallest absolute Gasteiger partial charge is 0.337 e. The summed E-state index contributed by atoms with van der Waals surface area (Å²) in [6, 6.07) is 17.4. The first kappa shape index (κ1) is 20.2. The van der Waals surface area contributed by atoms with Gasteiger partial charge in [-0.05, 0) is 36.8 Å². The van der Waals surface area contributed by atoms with E-state index in [1.807, 2.05) is 66.1 Å². The van der Waals surface area contributed by atoms with Crippen LogP contribution in [0.4, 0.5) is 0 Å². The molecule has 1 aliphatic rings. The fraction of sp³-hybridized carbons (Fsp3) is 0.292. The zero-order valence-electron chi connectivity index (χ0n) is 17.1. The minimum absolute atomic E-state index is 0.321. The Morgan fingerprint density at radius 2 is 1.73 bits per heavy atom. The normalized spacial score (nSPS) is 14.6. The van der Waals surface area contributed by atoms with Gasteiger partial charge in [0.25, 0.3) is 0 Å². The van der Waals surface area contributed by atoms with E-state index in [2.05, 4.69) is 4.90 Å². The number of hydrogen-bond acceptors (Lipinski definition) is 4. The second kappa shape index (κ2) is 9.15. The van der Waals surface area contributed by atoms with Gasteiger partial charge in [-0.1, -0.05) is 30.3 Å². The van der Waals surface area contributed by atoms with E-state index in [-0.39, 0.29) is 0 Å². The Labute approximate surface area is 176 Å². The second-order valence-corrected chi connectivity index (χ2v) is 7.38. The van der Waals surface area contributed by atoms with Gasteiger partial charge < -0.3 is 19.1 Å². The molecule has 0 aliphatic carbocycles. The molecule has 2 aromatic carbocycles. The Balaban J connectivity index is 1.69. The maximum Gasteiger partial charge on any atom is 0.337 e. The number of benzene rings is 2. The number of carboxylic acids is 1. The van der Waals surface area contributed by atoms with Gasteiger partial charge in [-0.3, -0.25) is 4.90 Å². The van der Waals surface area contributed by atoms with Crippen LogP contribution in [0.2, 0.25) is 0 Å². The second-order valence-electron chi connectivity index (χ2n) is 7.38. The highest BCUT2D eigenvalue weighted by molar-refractivity contribution is 5.92. The molecule has 0 unspecified atom stereocenters. The molecule has 1 saturated heterocycles. The van der Waals surface area contributed by atoms with Gasteiger partial charge in [-0.25, -0.2) is 4.79 Å². The molecule has 6 nitrogen and oxygen atoms in total. The van der Waals surface area contributed by atoms with Gasteiger partial charge in [0.1, 0.15) is 11.5 Å². The van der Waals surface area contributed by atoms with Crippen LogP contribution in [0.3, 0.4) is 0 Å². The van der Waals surface area contributed by atoms with Crippen molar-refractivity contribution in [2.24, 2.45) is 0 Å². The summed E-state index contributed by atoms with van der Waals surface area (Å²) < 4.78 is 13.6. The fourth-order valence-electron chi connectivity index (χ4n) is 3.85. The van der Waals surface area contributed by atoms with Crippen LogP contribution in [0.25, 0.3) is 11.3 Å². The number of carboxylic acid groups (broad SMARTS) is 1. The molecular weight excluding hydrogens is 380 g/mol. The first-order valence-electron chi connectivity index (χ1n) is 10.2. The van der Waals surface area contributed by atoms with Crippen molar-refractivity contribution < 1.29 is 19.4 Å². The maximum absolute atomic E-state index is 11.8. The number of aromatic carboxylic acids is 1. The van der Waals surface area contributed by atoms with Crippen molar-refractivity contribution in [3.05, 3.63) is 71.9 Å². The van der Waals surface area contributed by atoms with E-state index in [9.17, 15) is 9.90 Å². The van der Waals surface area contributed by atoms with Crippen LogP contribution in [0.5, 0.6) is 11.5 Å². The standard InChI is InChI=1S/C24H26N2O4/c1-18-21(24(27)28)17-26(12-11-25-13-15-29-16-14-25)23(18)20-9-5-6-10-22(20)30-19-7-3-2-4-8-19/h2-10,17H,11-16H2,1H3,(H,27,28). The monoisotopic (exact) mass is 406 g/mol. The highest BCUT2D eigenvalue weighted by Crippen LogP contribution is 2.37. The molecule has 1 aromatic heterocycles. The number of nitrogens with zero attached hydrogens (tertiary/aromatic N) is 2. The lowest BCUT2D eigenvalue weighted by molar-refractivity contribution is 0.0364. The minimum atomic E-state index is -0.916. The Morgan fingerprint density at radius 3 is 2.47 bits per heavy atom. The summed E-state index contributed by atoms with van der Waals surface area (Å²) in [5.74, 6) is 0.530. The Kier molecular flexibility index (Phi) is 6.16. The van der Waals surface area contributed by atoms with Gasteiger partial charge in [0.2, 0.25) is 0 Å². The molecule has 3 aromatic rings. The molecule has 1 N–H and O–H groups in total. The number of carbonyl (C=O) groups is 1. The summed E-state index contributed by atoms with van der Waals surface area (Å²) in [4.78, 5) is 14.2. The molecule has 4 rings (SSSR count). The number of aromatic nitrogens is 1. The lowest BCUT2D eigenvalue weighted by Crippen LogP contribution is -2.38. The van der Waals surface area contributed by atoms with E-state index in [1.165, 1.54) is 0 Å². The summed E-state index contributed by atoms with van der Waals surface area (Å²) >= 11 is 0. The average Bonchev–Trinajstić information content (AvgIpc) is 3.10. The number of hydrogen-bond donors (Lipinski definition) is 1. The predicted molar refractivity (Wildman–Crippen MR) is 115 cm³/mol. The first-order valence-corrected chi connectivity index (χ1v) is 10.2. The Morgan fingerprint density at radius 1 is 1.03 bits per heavy atom. The lowest BCUT2D eigenvalue weighted by atomic mass is 10.0. The van der Waals surface area contributed by atoms with Crippen LogP contribution in [0, 0.1) is 6.92 Å². The topological polar surface area (TPSA) is 63.9 Å². The van der Waals surface area contributed by atoms with E-state index in [1.54, 1.807) is 6.20 Å². The number of rotatable bonds is 7. The summed E-state index contributed by atoms with van der Waals surface area (Å²) in [7, 11) is 0. The molecule has 156 valence electrons. The van der Waals surface area contributed by atoms with Gasteiger partial charge in [0.05, 0.1) is 24.5 Å². The maximum atomic E-state index is 11.8. The molecule has 0 radical (unpaired) electrons. The van der Waals surface area contributed by atoms with Gasteiger partial charge in [0, 0.05) is 37.9 Å². The number of morpholine rings is 1. The third-order valence-corrected chi connectivity index (χ3v) is 5.44. The molecule has 1 fully saturated rings. The third-order valence-electron chi connectivity index (χ3n) is 5.44. The third kappa shape index (κ3) is 4.40. The van der Waals surface area contributed by atoms with Crippen molar-refractivity contribution >= 4 is 5.97 Å². The van der Waals surface area contributed by atoms with Gasteiger partial charge in [-0.15, -0.1) is 0 Å². The molecule has 30 heavy (non-hydrogen) atoms. The van der Waals surface area contributed by atoms with Crippen LogP contribution in [0.1, 0.15) is 15.9 Å². The molecule has 2 heterocycles. The van der Waals surface area contributed by atoms with Gasteiger partial charge in [0.15, 0.2) is 0 Å². The summed E-state index contributed by atoms with van der Waals surface area (Å²) in [5.41, 5.74) is 2.83. The van der Waals surface area contributed by atoms with Gasteiger partial charge in [-0.2, -0.15) is 0 Å². The fourth-order valence-corrected chi connectivity index (χ4v) is 3.85. The highest BCUT2D eigenvalue weighted by Gasteiger charge is 2.22. The van der Waals surface area contributed by atoms with Crippen molar-refractivity contribution in [2.45, 2.75) is 13.5 Å². The van der Waals surface area contributed by atoms with E-state index >= 15 is 0 Å². The average molecular weight is 406 g/mol. The van der Waals surface area contributed by atoms with E-state index < -0.39 is 5.97 Å². The molecule has 1 aliphatic heterocycles. The van der Waals surface area contributed by atoms with Crippen LogP contribution in [-0.4, -0.2) is 53.4 Å².